The molecule has 75 heavy (non-hydrogen) atoms. The first kappa shape index (κ1) is 55.0. The van der Waals surface area contributed by atoms with Gasteiger partial charge in [0.2, 0.25) is 0 Å². The average molecular weight is 994 g/mol. The van der Waals surface area contributed by atoms with Crippen LogP contribution in [0.3, 0.4) is 0 Å². The Labute approximate surface area is 444 Å². The van der Waals surface area contributed by atoms with Gasteiger partial charge in [-0.05, 0) is 207 Å². The molecule has 0 N–H and O–H groups in total. The molecule has 0 amide bonds. The standard InChI is InChI=1S/C24H24FN.C23H22FN.C22H20FN/c1-2-3-18-6-11-21(12-7-18)22-13-8-19(9-14-22)4-5-20-10-15-23(17-26)24(25)16-20;1-2-17-5-10-20(11-6-17)21-12-7-18(8-13-21)3-4-19-9-14-22(16-25)23(24)15-19;1-16-2-9-19(10-3-16)20-11-6-17(7-12-20)4-5-18-8-13-21(15-24)22(23)14-18/h8-10,13-16,18,21H,2-3,6-7,11-12H2,1H3;7-9,12-15,17,20H,2,5-6,10-11H2,1H3;6-8,11-14,16,19H,2-3,9-10H2,1H3/t18-,21-;17-,20-;16-,19-. The molecule has 0 saturated heterocycles. The highest BCUT2D eigenvalue weighted by Crippen LogP contribution is 2.39. The lowest BCUT2D eigenvalue weighted by Gasteiger charge is -2.28. The third-order valence-corrected chi connectivity index (χ3v) is 15.5. The molecule has 6 aromatic carbocycles. The number of benzene rings is 6. The van der Waals surface area contributed by atoms with Crippen molar-refractivity contribution in [2.24, 2.45) is 17.8 Å². The zero-order valence-electron chi connectivity index (χ0n) is 43.7. The molecule has 0 radical (unpaired) electrons. The van der Waals surface area contributed by atoms with Crippen LogP contribution in [-0.2, 0) is 0 Å². The van der Waals surface area contributed by atoms with E-state index in [1.165, 1.54) is 149 Å². The van der Waals surface area contributed by atoms with Crippen LogP contribution in [0.25, 0.3) is 0 Å². The first-order valence-electron chi connectivity index (χ1n) is 27.0. The predicted molar refractivity (Wildman–Crippen MR) is 296 cm³/mol. The van der Waals surface area contributed by atoms with Crippen molar-refractivity contribution in [2.75, 3.05) is 0 Å². The van der Waals surface area contributed by atoms with Gasteiger partial charge in [-0.3, -0.25) is 0 Å². The SMILES string of the molecule is CCC[C@H]1CC[C@H](c2ccc(C#Cc3ccc(C#N)c(F)c3)cc2)CC1.CC[C@H]1CC[C@H](c2ccc(C#Cc3ccc(C#N)c(F)c3)cc2)CC1.C[C@H]1CC[C@H](c2ccc(C#Cc3ccc(C#N)c(F)c3)cc2)CC1. The van der Waals surface area contributed by atoms with Gasteiger partial charge in [0.15, 0.2) is 0 Å². The summed E-state index contributed by atoms with van der Waals surface area (Å²) in [4.78, 5) is 0. The van der Waals surface area contributed by atoms with Gasteiger partial charge in [-0.1, -0.05) is 125 Å². The molecule has 6 aromatic rings. The lowest BCUT2D eigenvalue weighted by molar-refractivity contribution is 0.308. The number of nitriles is 3. The minimum atomic E-state index is -0.522. The first-order chi connectivity index (χ1) is 36.5. The van der Waals surface area contributed by atoms with E-state index in [9.17, 15) is 13.2 Å². The van der Waals surface area contributed by atoms with Crippen molar-refractivity contribution in [1.29, 1.82) is 15.8 Å². The molecule has 0 aromatic heterocycles. The average Bonchev–Trinajstić information content (AvgIpc) is 3.45. The van der Waals surface area contributed by atoms with E-state index in [0.29, 0.717) is 34.4 Å². The topological polar surface area (TPSA) is 71.4 Å². The molecule has 3 aliphatic rings. The fraction of sp³-hybridized carbons (Fsp3) is 0.348. The maximum absolute atomic E-state index is 13.6. The summed E-state index contributed by atoms with van der Waals surface area (Å²) < 4.78 is 40.8. The summed E-state index contributed by atoms with van der Waals surface area (Å²) in [6.07, 6.45) is 19.7. The quantitative estimate of drug-likeness (QED) is 0.156. The number of hydrogen-bond acceptors (Lipinski definition) is 3. The highest BCUT2D eigenvalue weighted by Gasteiger charge is 2.23. The molecule has 9 rings (SSSR count). The van der Waals surface area contributed by atoms with E-state index in [4.69, 9.17) is 15.8 Å². The van der Waals surface area contributed by atoms with Gasteiger partial charge in [0, 0.05) is 33.4 Å². The summed E-state index contributed by atoms with van der Waals surface area (Å²) >= 11 is 0. The number of halogens is 3. The van der Waals surface area contributed by atoms with Crippen LogP contribution in [0, 0.1) is 105 Å². The third kappa shape index (κ3) is 16.4. The molecule has 0 atom stereocenters. The lowest BCUT2D eigenvalue weighted by Crippen LogP contribution is -2.13. The van der Waals surface area contributed by atoms with Crippen molar-refractivity contribution in [1.82, 2.24) is 0 Å². The lowest BCUT2D eigenvalue weighted by atomic mass is 9.77. The van der Waals surface area contributed by atoms with Crippen LogP contribution >= 0.6 is 0 Å². The normalized spacial score (nSPS) is 19.6. The summed E-state index contributed by atoms with van der Waals surface area (Å²) in [5, 5.41) is 26.3. The minimum absolute atomic E-state index is 0.0479. The van der Waals surface area contributed by atoms with Crippen LogP contribution in [0.4, 0.5) is 13.2 Å². The van der Waals surface area contributed by atoms with Gasteiger partial charge in [-0.2, -0.15) is 15.8 Å². The predicted octanol–water partition coefficient (Wildman–Crippen LogP) is 17.3. The van der Waals surface area contributed by atoms with Crippen LogP contribution < -0.4 is 0 Å². The Balaban J connectivity index is 0.000000164. The van der Waals surface area contributed by atoms with Crippen molar-refractivity contribution in [2.45, 2.75) is 135 Å². The van der Waals surface area contributed by atoms with Gasteiger partial charge < -0.3 is 0 Å². The molecule has 6 heteroatoms. The van der Waals surface area contributed by atoms with Crippen molar-refractivity contribution in [3.63, 3.8) is 0 Å². The zero-order valence-corrected chi connectivity index (χ0v) is 43.7. The van der Waals surface area contributed by atoms with E-state index >= 15 is 0 Å². The second-order valence-corrected chi connectivity index (χ2v) is 20.6. The molecule has 3 fully saturated rings. The molecule has 0 spiro atoms. The molecule has 0 unspecified atom stereocenters. The second kappa shape index (κ2) is 28.1. The molecule has 0 bridgehead atoms. The molecule has 0 aliphatic heterocycles. The fourth-order valence-electron chi connectivity index (χ4n) is 10.7. The summed E-state index contributed by atoms with van der Waals surface area (Å²) in [7, 11) is 0. The monoisotopic (exact) mass is 994 g/mol. The third-order valence-electron chi connectivity index (χ3n) is 15.5. The van der Waals surface area contributed by atoms with Crippen molar-refractivity contribution in [3.8, 4) is 53.7 Å². The highest BCUT2D eigenvalue weighted by atomic mass is 19.1. The maximum Gasteiger partial charge on any atom is 0.142 e. The Hall–Kier alpha value is -7.74. The van der Waals surface area contributed by atoms with E-state index in [1.54, 1.807) is 18.2 Å². The molecule has 0 heterocycles. The smallest absolute Gasteiger partial charge is 0.142 e. The van der Waals surface area contributed by atoms with Crippen LogP contribution in [-0.4, -0.2) is 0 Å². The number of hydrogen-bond donors (Lipinski definition) is 0. The summed E-state index contributed by atoms with van der Waals surface area (Å²) in [6, 6.07) is 44.2. The molecule has 378 valence electrons. The summed E-state index contributed by atoms with van der Waals surface area (Å²) in [5.41, 5.74) is 8.89. The Morgan fingerprint density at radius 1 is 0.373 bits per heavy atom. The van der Waals surface area contributed by atoms with E-state index in [2.05, 4.69) is 105 Å². The van der Waals surface area contributed by atoms with Gasteiger partial charge in [0.25, 0.3) is 0 Å². The second-order valence-electron chi connectivity index (χ2n) is 20.6. The molecule has 3 aliphatic carbocycles. The van der Waals surface area contributed by atoms with Crippen molar-refractivity contribution >= 4 is 0 Å². The van der Waals surface area contributed by atoms with Gasteiger partial charge in [-0.15, -0.1) is 0 Å². The molecular weight excluding hydrogens is 928 g/mol. The molecule has 3 nitrogen and oxygen atoms in total. The van der Waals surface area contributed by atoms with Gasteiger partial charge >= 0.3 is 0 Å². The van der Waals surface area contributed by atoms with Crippen LogP contribution in [0.15, 0.2) is 127 Å². The Morgan fingerprint density at radius 2 is 0.653 bits per heavy atom. The van der Waals surface area contributed by atoms with Gasteiger partial charge in [0.1, 0.15) is 35.7 Å². The van der Waals surface area contributed by atoms with Crippen LogP contribution in [0.2, 0.25) is 0 Å². The van der Waals surface area contributed by atoms with Crippen molar-refractivity contribution < 1.29 is 13.2 Å². The minimum Gasteiger partial charge on any atom is -0.206 e. The first-order valence-corrected chi connectivity index (χ1v) is 27.0. The van der Waals surface area contributed by atoms with Gasteiger partial charge in [0.05, 0.1) is 16.7 Å². The molecule has 3 saturated carbocycles. The summed E-state index contributed by atoms with van der Waals surface area (Å²) in [6.45, 7) is 6.90. The zero-order chi connectivity index (χ0) is 52.9. The van der Waals surface area contributed by atoms with Crippen LogP contribution in [0.1, 0.15) is 202 Å². The number of nitrogens with zero attached hydrogens (tertiary/aromatic N) is 3. The Bertz CT molecular complexity index is 3160. The van der Waals surface area contributed by atoms with Crippen LogP contribution in [0.5, 0.6) is 0 Å². The van der Waals surface area contributed by atoms with E-state index in [1.807, 2.05) is 42.5 Å². The maximum atomic E-state index is 13.6. The fourth-order valence-corrected chi connectivity index (χ4v) is 10.7. The largest absolute Gasteiger partial charge is 0.206 e. The van der Waals surface area contributed by atoms with Gasteiger partial charge in [-0.25, -0.2) is 13.2 Å². The highest BCUT2D eigenvalue weighted by molar-refractivity contribution is 5.49. The van der Waals surface area contributed by atoms with Crippen molar-refractivity contribution in [3.05, 3.63) is 212 Å². The summed E-state index contributed by atoms with van der Waals surface area (Å²) in [5.74, 6) is 21.3. The Kier molecular flexibility index (Phi) is 20.6. The van der Waals surface area contributed by atoms with E-state index in [0.717, 1.165) is 34.4 Å². The molecular formula is C69H66F3N3. The van der Waals surface area contributed by atoms with E-state index in [-0.39, 0.29) is 16.7 Å². The van der Waals surface area contributed by atoms with E-state index < -0.39 is 17.5 Å². The number of rotatable bonds is 6. The Morgan fingerprint density at radius 3 is 0.933 bits per heavy atom.